The molecule has 94 valence electrons. The molecule has 0 saturated carbocycles. The van der Waals surface area contributed by atoms with E-state index in [0.717, 1.165) is 35.4 Å². The van der Waals surface area contributed by atoms with E-state index >= 15 is 0 Å². The van der Waals surface area contributed by atoms with Crippen LogP contribution in [-0.2, 0) is 13.5 Å². The summed E-state index contributed by atoms with van der Waals surface area (Å²) < 4.78 is 1.89. The molecule has 1 aromatic carbocycles. The van der Waals surface area contributed by atoms with Crippen molar-refractivity contribution in [3.8, 4) is 17.3 Å². The molecule has 1 N–H and O–H groups in total. The van der Waals surface area contributed by atoms with Crippen molar-refractivity contribution in [2.75, 3.05) is 0 Å². The second-order valence-corrected chi connectivity index (χ2v) is 4.69. The van der Waals surface area contributed by atoms with E-state index < -0.39 is 0 Å². The monoisotopic (exact) mass is 251 g/mol. The van der Waals surface area contributed by atoms with Crippen LogP contribution in [0.15, 0.2) is 35.5 Å². The van der Waals surface area contributed by atoms with E-state index in [-0.39, 0.29) is 0 Å². The van der Waals surface area contributed by atoms with Crippen LogP contribution in [0.4, 0.5) is 0 Å². The van der Waals surface area contributed by atoms with Gasteiger partial charge in [-0.05, 0) is 42.2 Å². The van der Waals surface area contributed by atoms with Gasteiger partial charge in [-0.3, -0.25) is 0 Å². The quantitative estimate of drug-likeness (QED) is 0.625. The van der Waals surface area contributed by atoms with Crippen LogP contribution < -0.4 is 0 Å². The topological polar surface area (TPSA) is 61.3 Å². The normalized spacial score (nSPS) is 15.5. The molecule has 0 atom stereocenters. The van der Waals surface area contributed by atoms with Crippen molar-refractivity contribution in [1.29, 1.82) is 5.26 Å². The predicted molar refractivity (Wildman–Crippen MR) is 72.2 cm³/mol. The molecule has 3 rings (SSSR count). The van der Waals surface area contributed by atoms with E-state index in [9.17, 15) is 0 Å². The van der Waals surface area contributed by atoms with Gasteiger partial charge in [-0.15, -0.1) is 0 Å². The zero-order valence-electron chi connectivity index (χ0n) is 10.6. The SMILES string of the molecule is Cn1c(C#N)ccc1-c1ccc2c(c1)CC/C2=N\O. The highest BCUT2D eigenvalue weighted by Crippen LogP contribution is 2.29. The zero-order valence-corrected chi connectivity index (χ0v) is 10.6. The molecule has 1 aliphatic carbocycles. The van der Waals surface area contributed by atoms with Gasteiger partial charge in [0.05, 0.1) is 5.71 Å². The summed E-state index contributed by atoms with van der Waals surface area (Å²) in [5.74, 6) is 0. The standard InChI is InChI=1S/C15H13N3O/c1-18-12(9-16)4-7-15(18)11-2-5-13-10(8-11)3-6-14(13)17-19/h2,4-5,7-8,19H,3,6H2,1H3/b17-14+. The molecule has 0 spiro atoms. The molecule has 1 aliphatic rings. The fourth-order valence-corrected chi connectivity index (χ4v) is 2.65. The Morgan fingerprint density at radius 2 is 2.11 bits per heavy atom. The highest BCUT2D eigenvalue weighted by Gasteiger charge is 2.19. The highest BCUT2D eigenvalue weighted by atomic mass is 16.4. The van der Waals surface area contributed by atoms with Gasteiger partial charge in [0, 0.05) is 18.3 Å². The van der Waals surface area contributed by atoms with Crippen LogP contribution in [0.5, 0.6) is 0 Å². The van der Waals surface area contributed by atoms with Gasteiger partial charge >= 0.3 is 0 Å². The minimum atomic E-state index is 0.646. The Bertz CT molecular complexity index is 719. The number of nitrogens with zero attached hydrogens (tertiary/aromatic N) is 3. The minimum Gasteiger partial charge on any atom is -0.411 e. The summed E-state index contributed by atoms with van der Waals surface area (Å²) in [6, 6.07) is 12.1. The number of aromatic nitrogens is 1. The molecule has 0 unspecified atom stereocenters. The van der Waals surface area contributed by atoms with Crippen molar-refractivity contribution in [2.24, 2.45) is 12.2 Å². The minimum absolute atomic E-state index is 0.646. The molecule has 0 bridgehead atoms. The molecule has 0 fully saturated rings. The lowest BCUT2D eigenvalue weighted by atomic mass is 10.0. The van der Waals surface area contributed by atoms with Crippen LogP contribution >= 0.6 is 0 Å². The van der Waals surface area contributed by atoms with Crippen LogP contribution in [-0.4, -0.2) is 15.5 Å². The first-order valence-electron chi connectivity index (χ1n) is 6.15. The van der Waals surface area contributed by atoms with Gasteiger partial charge in [0.2, 0.25) is 0 Å². The summed E-state index contributed by atoms with van der Waals surface area (Å²) in [7, 11) is 1.89. The van der Waals surface area contributed by atoms with Crippen molar-refractivity contribution < 1.29 is 5.21 Å². The van der Waals surface area contributed by atoms with Crippen molar-refractivity contribution in [1.82, 2.24) is 4.57 Å². The molecule has 19 heavy (non-hydrogen) atoms. The zero-order chi connectivity index (χ0) is 13.4. The third-order valence-corrected chi connectivity index (χ3v) is 3.70. The molecule has 2 aromatic rings. The van der Waals surface area contributed by atoms with Crippen LogP contribution in [0, 0.1) is 11.3 Å². The summed E-state index contributed by atoms with van der Waals surface area (Å²) >= 11 is 0. The third kappa shape index (κ3) is 1.71. The molecule has 0 saturated heterocycles. The van der Waals surface area contributed by atoms with Gasteiger partial charge in [-0.2, -0.15) is 5.26 Å². The van der Waals surface area contributed by atoms with Crippen molar-refractivity contribution in [3.05, 3.63) is 47.2 Å². The lowest BCUT2D eigenvalue weighted by Gasteiger charge is -2.07. The van der Waals surface area contributed by atoms with E-state index in [2.05, 4.69) is 17.3 Å². The molecule has 4 heteroatoms. The summed E-state index contributed by atoms with van der Waals surface area (Å²) in [6.07, 6.45) is 1.68. The van der Waals surface area contributed by atoms with Gasteiger partial charge in [0.25, 0.3) is 0 Å². The van der Waals surface area contributed by atoms with E-state index in [1.807, 2.05) is 35.9 Å². The summed E-state index contributed by atoms with van der Waals surface area (Å²) in [4.78, 5) is 0. The number of benzene rings is 1. The number of nitriles is 1. The average Bonchev–Trinajstić information content (AvgIpc) is 3.00. The maximum absolute atomic E-state index is 8.99. The number of hydrogen-bond acceptors (Lipinski definition) is 3. The Morgan fingerprint density at radius 3 is 2.79 bits per heavy atom. The van der Waals surface area contributed by atoms with Crippen LogP contribution in [0.2, 0.25) is 0 Å². The molecule has 0 amide bonds. The van der Waals surface area contributed by atoms with E-state index in [4.69, 9.17) is 10.5 Å². The van der Waals surface area contributed by atoms with Gasteiger partial charge in [0.15, 0.2) is 0 Å². The van der Waals surface area contributed by atoms with Crippen molar-refractivity contribution in [2.45, 2.75) is 12.8 Å². The van der Waals surface area contributed by atoms with Crippen LogP contribution in [0.25, 0.3) is 11.3 Å². The first-order valence-corrected chi connectivity index (χ1v) is 6.15. The first kappa shape index (κ1) is 11.5. The lowest BCUT2D eigenvalue weighted by Crippen LogP contribution is -1.96. The predicted octanol–water partition coefficient (Wildman–Crippen LogP) is 2.69. The van der Waals surface area contributed by atoms with Crippen LogP contribution in [0.3, 0.4) is 0 Å². The van der Waals surface area contributed by atoms with E-state index in [0.29, 0.717) is 5.69 Å². The molecular formula is C15H13N3O. The fourth-order valence-electron chi connectivity index (χ4n) is 2.65. The number of rotatable bonds is 1. The molecule has 1 aromatic heterocycles. The average molecular weight is 251 g/mol. The van der Waals surface area contributed by atoms with Gasteiger partial charge in [-0.25, -0.2) is 0 Å². The highest BCUT2D eigenvalue weighted by molar-refractivity contribution is 6.04. The molecule has 0 aliphatic heterocycles. The smallest absolute Gasteiger partial charge is 0.120 e. The molecule has 0 radical (unpaired) electrons. The van der Waals surface area contributed by atoms with Crippen LogP contribution in [0.1, 0.15) is 23.2 Å². The largest absolute Gasteiger partial charge is 0.411 e. The van der Waals surface area contributed by atoms with Crippen molar-refractivity contribution in [3.63, 3.8) is 0 Å². The Balaban J connectivity index is 2.09. The van der Waals surface area contributed by atoms with Gasteiger partial charge < -0.3 is 9.77 Å². The Hall–Kier alpha value is -2.54. The maximum Gasteiger partial charge on any atom is 0.120 e. The summed E-state index contributed by atoms with van der Waals surface area (Å²) in [6.45, 7) is 0. The number of oxime groups is 1. The number of aryl methyl sites for hydroxylation is 1. The lowest BCUT2D eigenvalue weighted by molar-refractivity contribution is 0.318. The van der Waals surface area contributed by atoms with Crippen molar-refractivity contribution >= 4 is 5.71 Å². The third-order valence-electron chi connectivity index (χ3n) is 3.70. The fraction of sp³-hybridized carbons (Fsp3) is 0.200. The number of hydrogen-bond donors (Lipinski definition) is 1. The maximum atomic E-state index is 8.99. The molecule has 1 heterocycles. The Labute approximate surface area is 111 Å². The Kier molecular flexibility index (Phi) is 2.60. The van der Waals surface area contributed by atoms with Gasteiger partial charge in [0.1, 0.15) is 11.8 Å². The summed E-state index contributed by atoms with van der Waals surface area (Å²) in [5, 5.41) is 21.2. The summed E-state index contributed by atoms with van der Waals surface area (Å²) in [5.41, 5.74) is 5.74. The second-order valence-electron chi connectivity index (χ2n) is 4.69. The van der Waals surface area contributed by atoms with E-state index in [1.54, 1.807) is 0 Å². The molecular weight excluding hydrogens is 238 g/mol. The first-order chi connectivity index (χ1) is 9.24. The second kappa shape index (κ2) is 4.29. The molecule has 4 nitrogen and oxygen atoms in total. The Morgan fingerprint density at radius 1 is 1.26 bits per heavy atom. The van der Waals surface area contributed by atoms with E-state index in [1.165, 1.54) is 5.56 Å². The number of fused-ring (bicyclic) bond motifs is 1. The van der Waals surface area contributed by atoms with Gasteiger partial charge in [-0.1, -0.05) is 17.3 Å².